The number of hydrogen-bond donors (Lipinski definition) is 2. The lowest BCUT2D eigenvalue weighted by Gasteiger charge is -2.33. The van der Waals surface area contributed by atoms with Crippen LogP contribution in [-0.2, 0) is 9.47 Å². The predicted molar refractivity (Wildman–Crippen MR) is 60.5 cm³/mol. The number of rotatable bonds is 2. The van der Waals surface area contributed by atoms with Gasteiger partial charge in [0, 0.05) is 31.5 Å². The Kier molecular flexibility index (Phi) is 2.43. The number of nitrogens with zero attached hydrogens (tertiary/aromatic N) is 2. The lowest BCUT2D eigenvalue weighted by atomic mass is 10.0. The van der Waals surface area contributed by atoms with Crippen molar-refractivity contribution in [1.29, 1.82) is 0 Å². The molecular formula is C11H20N4O2. The zero-order chi connectivity index (χ0) is 11.4. The van der Waals surface area contributed by atoms with Gasteiger partial charge in [-0.2, -0.15) is 0 Å². The first-order chi connectivity index (χ1) is 8.29. The molecule has 0 aromatic carbocycles. The van der Waals surface area contributed by atoms with Gasteiger partial charge in [-0.05, 0) is 6.42 Å². The molecule has 5 unspecified atom stereocenters. The van der Waals surface area contributed by atoms with Gasteiger partial charge >= 0.3 is 0 Å². The molecule has 4 heterocycles. The van der Waals surface area contributed by atoms with Crippen LogP contribution in [0.2, 0.25) is 0 Å². The molecule has 6 heteroatoms. The summed E-state index contributed by atoms with van der Waals surface area (Å²) in [5, 5.41) is 4.23. The highest BCUT2D eigenvalue weighted by Crippen LogP contribution is 2.32. The molecule has 4 saturated heterocycles. The van der Waals surface area contributed by atoms with Gasteiger partial charge in [0.1, 0.15) is 6.23 Å². The molecule has 0 aromatic rings. The van der Waals surface area contributed by atoms with E-state index in [9.17, 15) is 0 Å². The molecule has 4 fully saturated rings. The van der Waals surface area contributed by atoms with Crippen molar-refractivity contribution in [2.75, 3.05) is 32.8 Å². The smallest absolute Gasteiger partial charge is 0.138 e. The zero-order valence-electron chi connectivity index (χ0n) is 9.92. The fraction of sp³-hybridized carbons (Fsp3) is 1.00. The fourth-order valence-electron chi connectivity index (χ4n) is 3.63. The molecule has 5 atom stereocenters. The molecule has 96 valence electrons. The summed E-state index contributed by atoms with van der Waals surface area (Å²) < 4.78 is 11.4. The summed E-state index contributed by atoms with van der Waals surface area (Å²) in [6.45, 7) is 4.87. The first kappa shape index (κ1) is 10.7. The highest BCUT2D eigenvalue weighted by molar-refractivity contribution is 4.95. The molecule has 0 saturated carbocycles. The van der Waals surface area contributed by atoms with E-state index in [2.05, 4.69) is 10.4 Å². The number of hydrogen-bond acceptors (Lipinski definition) is 6. The maximum atomic E-state index is 5.95. The van der Waals surface area contributed by atoms with Crippen LogP contribution in [0.15, 0.2) is 0 Å². The van der Waals surface area contributed by atoms with Crippen LogP contribution in [-0.4, -0.2) is 61.2 Å². The second-order valence-electron chi connectivity index (χ2n) is 5.77. The van der Waals surface area contributed by atoms with Crippen LogP contribution >= 0.6 is 0 Å². The molecule has 17 heavy (non-hydrogen) atoms. The van der Waals surface area contributed by atoms with Gasteiger partial charge in [0.05, 0.1) is 25.4 Å². The van der Waals surface area contributed by atoms with E-state index in [4.69, 9.17) is 15.3 Å². The van der Waals surface area contributed by atoms with Crippen molar-refractivity contribution >= 4 is 0 Å². The molecule has 6 nitrogen and oxygen atoms in total. The lowest BCUT2D eigenvalue weighted by Crippen LogP contribution is -2.57. The molecule has 4 rings (SSSR count). The van der Waals surface area contributed by atoms with Gasteiger partial charge in [0.2, 0.25) is 0 Å². The van der Waals surface area contributed by atoms with Crippen molar-refractivity contribution in [3.63, 3.8) is 0 Å². The van der Waals surface area contributed by atoms with Gasteiger partial charge in [-0.1, -0.05) is 0 Å². The second kappa shape index (κ2) is 3.88. The quantitative estimate of drug-likeness (QED) is 0.588. The van der Waals surface area contributed by atoms with Crippen LogP contribution in [0.5, 0.6) is 0 Å². The Balaban J connectivity index is 1.36. The normalized spacial score (nSPS) is 50.3. The molecule has 2 bridgehead atoms. The molecule has 0 aliphatic carbocycles. The molecule has 0 aromatic heterocycles. The van der Waals surface area contributed by atoms with Gasteiger partial charge in [-0.25, -0.2) is 15.4 Å². The Morgan fingerprint density at radius 1 is 1.12 bits per heavy atom. The maximum absolute atomic E-state index is 5.95. The highest BCUT2D eigenvalue weighted by atomic mass is 16.5. The average molecular weight is 240 g/mol. The summed E-state index contributed by atoms with van der Waals surface area (Å²) in [7, 11) is 0. The van der Waals surface area contributed by atoms with E-state index in [0.717, 1.165) is 39.3 Å². The van der Waals surface area contributed by atoms with Crippen molar-refractivity contribution in [3.05, 3.63) is 0 Å². The summed E-state index contributed by atoms with van der Waals surface area (Å²) in [6.07, 6.45) is 1.48. The Bertz CT molecular complexity index is 304. The third-order valence-electron chi connectivity index (χ3n) is 4.58. The van der Waals surface area contributed by atoms with E-state index in [1.807, 2.05) is 5.01 Å². The van der Waals surface area contributed by atoms with Crippen LogP contribution < -0.4 is 11.3 Å². The Morgan fingerprint density at radius 3 is 2.53 bits per heavy atom. The lowest BCUT2D eigenvalue weighted by molar-refractivity contribution is -0.0839. The topological polar surface area (TPSA) is 63.0 Å². The number of nitrogens with two attached hydrogens (primary N) is 1. The predicted octanol–water partition coefficient (Wildman–Crippen LogP) is -1.26. The minimum Gasteiger partial charge on any atom is -0.381 e. The van der Waals surface area contributed by atoms with Crippen molar-refractivity contribution in [2.45, 2.75) is 24.8 Å². The van der Waals surface area contributed by atoms with Crippen LogP contribution in [0.25, 0.3) is 0 Å². The van der Waals surface area contributed by atoms with Crippen molar-refractivity contribution < 1.29 is 9.47 Å². The number of ether oxygens (including phenoxy) is 2. The number of hydrazine groups is 2. The van der Waals surface area contributed by atoms with Crippen LogP contribution in [0, 0.1) is 11.8 Å². The molecule has 3 N–H and O–H groups in total. The SMILES string of the molecule is NN1CC2CC1C(NN1CC3COCC3C1)O2. The van der Waals surface area contributed by atoms with E-state index in [0.29, 0.717) is 24.0 Å². The van der Waals surface area contributed by atoms with Crippen molar-refractivity contribution in [2.24, 2.45) is 17.7 Å². The van der Waals surface area contributed by atoms with Crippen LogP contribution in [0.4, 0.5) is 0 Å². The van der Waals surface area contributed by atoms with E-state index in [-0.39, 0.29) is 6.23 Å². The maximum Gasteiger partial charge on any atom is 0.138 e. The van der Waals surface area contributed by atoms with Crippen molar-refractivity contribution in [1.82, 2.24) is 15.4 Å². The number of nitrogens with one attached hydrogen (secondary N) is 1. The third kappa shape index (κ3) is 1.71. The van der Waals surface area contributed by atoms with E-state index in [1.54, 1.807) is 0 Å². The minimum atomic E-state index is 0.0819. The van der Waals surface area contributed by atoms with Crippen molar-refractivity contribution in [3.8, 4) is 0 Å². The van der Waals surface area contributed by atoms with Gasteiger partial charge < -0.3 is 9.47 Å². The van der Waals surface area contributed by atoms with E-state index in [1.165, 1.54) is 0 Å². The minimum absolute atomic E-state index is 0.0819. The first-order valence-electron chi connectivity index (χ1n) is 6.55. The molecule has 0 spiro atoms. The Hall–Kier alpha value is -0.240. The molecular weight excluding hydrogens is 220 g/mol. The zero-order valence-corrected chi connectivity index (χ0v) is 9.92. The van der Waals surface area contributed by atoms with Gasteiger partial charge in [-0.3, -0.25) is 5.84 Å². The monoisotopic (exact) mass is 240 g/mol. The molecule has 4 aliphatic heterocycles. The highest BCUT2D eigenvalue weighted by Gasteiger charge is 2.47. The summed E-state index contributed by atoms with van der Waals surface area (Å²) in [6, 6.07) is 0.344. The Morgan fingerprint density at radius 2 is 1.88 bits per heavy atom. The number of morpholine rings is 1. The first-order valence-corrected chi connectivity index (χ1v) is 6.55. The molecule has 0 amide bonds. The van der Waals surface area contributed by atoms with Gasteiger partial charge in [0.15, 0.2) is 0 Å². The Labute approximate surface area is 101 Å². The largest absolute Gasteiger partial charge is 0.381 e. The third-order valence-corrected chi connectivity index (χ3v) is 4.58. The number of fused-ring (bicyclic) bond motifs is 3. The summed E-state index contributed by atoms with van der Waals surface area (Å²) in [5.41, 5.74) is 3.50. The van der Waals surface area contributed by atoms with Crippen LogP contribution in [0.1, 0.15) is 6.42 Å². The summed E-state index contributed by atoms with van der Waals surface area (Å²) in [5.74, 6) is 7.36. The van der Waals surface area contributed by atoms with Crippen LogP contribution in [0.3, 0.4) is 0 Å². The van der Waals surface area contributed by atoms with Gasteiger partial charge in [-0.15, -0.1) is 0 Å². The van der Waals surface area contributed by atoms with E-state index < -0.39 is 0 Å². The summed E-state index contributed by atoms with van der Waals surface area (Å²) >= 11 is 0. The van der Waals surface area contributed by atoms with Gasteiger partial charge in [0.25, 0.3) is 0 Å². The molecule has 0 radical (unpaired) electrons. The van der Waals surface area contributed by atoms with E-state index >= 15 is 0 Å². The standard InChI is InChI=1S/C11H20N4O2/c12-15-4-9-1-10(15)11(17-9)13-14-2-7-5-16-6-8(7)3-14/h7-11,13H,1-6,12H2. The second-order valence-corrected chi connectivity index (χ2v) is 5.77. The average Bonchev–Trinajstić information content (AvgIpc) is 2.95. The summed E-state index contributed by atoms with van der Waals surface area (Å²) in [4.78, 5) is 0. The molecule has 4 aliphatic rings. The fourth-order valence-corrected chi connectivity index (χ4v) is 3.63.